The van der Waals surface area contributed by atoms with Crippen LogP contribution in [0.4, 0.5) is 0 Å². The van der Waals surface area contributed by atoms with Crippen molar-refractivity contribution in [2.24, 2.45) is 11.3 Å². The summed E-state index contributed by atoms with van der Waals surface area (Å²) < 4.78 is 0. The number of piperidine rings is 1. The van der Waals surface area contributed by atoms with E-state index >= 15 is 0 Å². The summed E-state index contributed by atoms with van der Waals surface area (Å²) in [5.74, 6) is 0.837. The van der Waals surface area contributed by atoms with E-state index in [4.69, 9.17) is 0 Å². The number of hydrogen-bond acceptors (Lipinski definition) is 1. The number of amides is 1. The monoisotopic (exact) mass is 195 g/mol. The average molecular weight is 195 g/mol. The van der Waals surface area contributed by atoms with Gasteiger partial charge in [0.1, 0.15) is 0 Å². The van der Waals surface area contributed by atoms with Gasteiger partial charge in [0.2, 0.25) is 5.91 Å². The van der Waals surface area contributed by atoms with Gasteiger partial charge >= 0.3 is 0 Å². The largest absolute Gasteiger partial charge is 0.342 e. The van der Waals surface area contributed by atoms with Crippen LogP contribution in [-0.4, -0.2) is 23.9 Å². The fourth-order valence-electron chi connectivity index (χ4n) is 2.21. The molecule has 0 radical (unpaired) electrons. The van der Waals surface area contributed by atoms with E-state index in [2.05, 4.69) is 18.7 Å². The zero-order chi connectivity index (χ0) is 10.2. The van der Waals surface area contributed by atoms with Gasteiger partial charge in [-0.25, -0.2) is 0 Å². The van der Waals surface area contributed by atoms with E-state index in [0.29, 0.717) is 17.2 Å². The Kier molecular flexibility index (Phi) is 2.54. The number of carbonyl (C=O) groups excluding carboxylic acids is 1. The minimum Gasteiger partial charge on any atom is -0.342 e. The van der Waals surface area contributed by atoms with Gasteiger partial charge in [-0.15, -0.1) is 0 Å². The van der Waals surface area contributed by atoms with Gasteiger partial charge in [-0.1, -0.05) is 20.3 Å². The molecule has 1 amide bonds. The second kappa shape index (κ2) is 3.56. The fraction of sp³-hybridized carbons (Fsp3) is 0.917. The van der Waals surface area contributed by atoms with Crippen molar-refractivity contribution < 1.29 is 4.79 Å². The van der Waals surface area contributed by atoms with Gasteiger partial charge in [-0.3, -0.25) is 4.79 Å². The van der Waals surface area contributed by atoms with Crippen LogP contribution in [0.2, 0.25) is 0 Å². The van der Waals surface area contributed by atoms with Gasteiger partial charge in [0.25, 0.3) is 0 Å². The summed E-state index contributed by atoms with van der Waals surface area (Å²) in [6.45, 7) is 6.61. The van der Waals surface area contributed by atoms with Gasteiger partial charge in [0, 0.05) is 19.0 Å². The Balaban J connectivity index is 1.86. The lowest BCUT2D eigenvalue weighted by Gasteiger charge is -2.39. The molecule has 1 saturated carbocycles. The van der Waals surface area contributed by atoms with Gasteiger partial charge in [-0.2, -0.15) is 0 Å². The summed E-state index contributed by atoms with van der Waals surface area (Å²) >= 11 is 0. The highest BCUT2D eigenvalue weighted by molar-refractivity contribution is 5.81. The first kappa shape index (κ1) is 10.0. The lowest BCUT2D eigenvalue weighted by Crippen LogP contribution is -2.42. The third kappa shape index (κ3) is 1.94. The number of rotatable bonds is 2. The van der Waals surface area contributed by atoms with Crippen LogP contribution in [0.25, 0.3) is 0 Å². The minimum atomic E-state index is 0.404. The molecule has 1 heterocycles. The molecule has 80 valence electrons. The molecule has 0 aromatic heterocycles. The van der Waals surface area contributed by atoms with E-state index in [1.54, 1.807) is 0 Å². The molecule has 0 aromatic rings. The standard InChI is InChI=1S/C12H21NO/c1-3-12(2)6-8-13(9-7-12)11(14)10-4-5-10/h10H,3-9H2,1-2H3. The molecule has 1 saturated heterocycles. The summed E-state index contributed by atoms with van der Waals surface area (Å²) in [6.07, 6.45) is 5.92. The number of hydrogen-bond donors (Lipinski definition) is 0. The van der Waals surface area contributed by atoms with E-state index in [0.717, 1.165) is 25.9 Å². The molecular formula is C12H21NO. The van der Waals surface area contributed by atoms with E-state index in [-0.39, 0.29) is 0 Å². The zero-order valence-corrected chi connectivity index (χ0v) is 9.38. The second-order valence-corrected chi connectivity index (χ2v) is 5.26. The fourth-order valence-corrected chi connectivity index (χ4v) is 2.21. The summed E-state index contributed by atoms with van der Waals surface area (Å²) in [6, 6.07) is 0. The first-order chi connectivity index (χ1) is 6.64. The zero-order valence-electron chi connectivity index (χ0n) is 9.38. The second-order valence-electron chi connectivity index (χ2n) is 5.26. The topological polar surface area (TPSA) is 20.3 Å². The van der Waals surface area contributed by atoms with Crippen molar-refractivity contribution in [1.29, 1.82) is 0 Å². The van der Waals surface area contributed by atoms with Crippen LogP contribution < -0.4 is 0 Å². The van der Waals surface area contributed by atoms with Crippen molar-refractivity contribution >= 4 is 5.91 Å². The van der Waals surface area contributed by atoms with E-state index in [1.807, 2.05) is 0 Å². The molecule has 1 aliphatic carbocycles. The third-order valence-electron chi connectivity index (χ3n) is 4.06. The maximum absolute atomic E-state index is 11.8. The van der Waals surface area contributed by atoms with Crippen LogP contribution in [0.1, 0.15) is 46.0 Å². The molecule has 0 N–H and O–H groups in total. The Hall–Kier alpha value is -0.530. The maximum atomic E-state index is 11.8. The molecule has 0 bridgehead atoms. The molecule has 0 unspecified atom stereocenters. The summed E-state index contributed by atoms with van der Waals surface area (Å²) in [5, 5.41) is 0. The Bertz CT molecular complexity index is 224. The Labute approximate surface area is 86.7 Å². The van der Waals surface area contributed by atoms with Gasteiger partial charge in [-0.05, 0) is 31.1 Å². The molecule has 2 rings (SSSR count). The number of carbonyl (C=O) groups is 1. The molecule has 2 heteroatoms. The molecule has 14 heavy (non-hydrogen) atoms. The molecule has 0 atom stereocenters. The van der Waals surface area contributed by atoms with Crippen molar-refractivity contribution in [2.75, 3.05) is 13.1 Å². The smallest absolute Gasteiger partial charge is 0.225 e. The minimum absolute atomic E-state index is 0.404. The predicted octanol–water partition coefficient (Wildman–Crippen LogP) is 2.44. The molecule has 2 aliphatic rings. The third-order valence-corrected chi connectivity index (χ3v) is 4.06. The summed E-state index contributed by atoms with van der Waals surface area (Å²) in [7, 11) is 0. The normalized spacial score (nSPS) is 26.3. The van der Waals surface area contributed by atoms with Crippen molar-refractivity contribution in [3.63, 3.8) is 0 Å². The quantitative estimate of drug-likeness (QED) is 0.662. The Morgan fingerprint density at radius 2 is 1.93 bits per heavy atom. The molecule has 1 aliphatic heterocycles. The molecule has 2 nitrogen and oxygen atoms in total. The molecule has 0 spiro atoms. The highest BCUT2D eigenvalue weighted by Gasteiger charge is 2.36. The van der Waals surface area contributed by atoms with E-state index in [9.17, 15) is 4.79 Å². The number of likely N-dealkylation sites (tertiary alicyclic amines) is 1. The lowest BCUT2D eigenvalue weighted by atomic mass is 9.78. The molecule has 0 aromatic carbocycles. The summed E-state index contributed by atoms with van der Waals surface area (Å²) in [4.78, 5) is 13.9. The van der Waals surface area contributed by atoms with Crippen LogP contribution >= 0.6 is 0 Å². The van der Waals surface area contributed by atoms with Crippen molar-refractivity contribution in [3.8, 4) is 0 Å². The van der Waals surface area contributed by atoms with Gasteiger partial charge in [0.15, 0.2) is 0 Å². The van der Waals surface area contributed by atoms with Crippen molar-refractivity contribution in [3.05, 3.63) is 0 Å². The maximum Gasteiger partial charge on any atom is 0.225 e. The van der Waals surface area contributed by atoms with Crippen LogP contribution in [-0.2, 0) is 4.79 Å². The first-order valence-electron chi connectivity index (χ1n) is 5.93. The number of nitrogens with zero attached hydrogens (tertiary/aromatic N) is 1. The van der Waals surface area contributed by atoms with Crippen molar-refractivity contribution in [2.45, 2.75) is 46.0 Å². The van der Waals surface area contributed by atoms with Crippen LogP contribution in [0, 0.1) is 11.3 Å². The summed E-state index contributed by atoms with van der Waals surface area (Å²) in [5.41, 5.74) is 0.500. The van der Waals surface area contributed by atoms with E-state index < -0.39 is 0 Å². The van der Waals surface area contributed by atoms with Gasteiger partial charge < -0.3 is 4.90 Å². The first-order valence-corrected chi connectivity index (χ1v) is 5.93. The Morgan fingerprint density at radius 3 is 2.36 bits per heavy atom. The average Bonchev–Trinajstić information content (AvgIpc) is 3.01. The van der Waals surface area contributed by atoms with Crippen LogP contribution in [0.15, 0.2) is 0 Å². The van der Waals surface area contributed by atoms with Crippen molar-refractivity contribution in [1.82, 2.24) is 4.90 Å². The Morgan fingerprint density at radius 1 is 1.36 bits per heavy atom. The van der Waals surface area contributed by atoms with E-state index in [1.165, 1.54) is 19.3 Å². The van der Waals surface area contributed by atoms with Crippen LogP contribution in [0.3, 0.4) is 0 Å². The predicted molar refractivity (Wildman–Crippen MR) is 56.9 cm³/mol. The molecular weight excluding hydrogens is 174 g/mol. The SMILES string of the molecule is CCC1(C)CCN(C(=O)C2CC2)CC1. The lowest BCUT2D eigenvalue weighted by molar-refractivity contribution is -0.134. The van der Waals surface area contributed by atoms with Crippen LogP contribution in [0.5, 0.6) is 0 Å². The molecule has 2 fully saturated rings. The van der Waals surface area contributed by atoms with Gasteiger partial charge in [0.05, 0.1) is 0 Å². The highest BCUT2D eigenvalue weighted by atomic mass is 16.2. The highest BCUT2D eigenvalue weighted by Crippen LogP contribution is 2.37.